The van der Waals surface area contributed by atoms with Crippen molar-refractivity contribution in [1.82, 2.24) is 10.2 Å². The molecule has 2 bridgehead atoms. The van der Waals surface area contributed by atoms with Gasteiger partial charge in [-0.1, -0.05) is 12.1 Å². The summed E-state index contributed by atoms with van der Waals surface area (Å²) in [6, 6.07) is 8.18. The fourth-order valence-electron chi connectivity index (χ4n) is 4.66. The molecule has 3 saturated carbocycles. The lowest BCUT2D eigenvalue weighted by atomic mass is 9.56. The summed E-state index contributed by atoms with van der Waals surface area (Å²) in [5, 5.41) is 10.2. The highest BCUT2D eigenvalue weighted by Crippen LogP contribution is 2.54. The van der Waals surface area contributed by atoms with Crippen molar-refractivity contribution in [2.24, 2.45) is 5.73 Å². The van der Waals surface area contributed by atoms with Crippen LogP contribution in [0.4, 0.5) is 0 Å². The van der Waals surface area contributed by atoms with Crippen molar-refractivity contribution < 1.29 is 9.53 Å². The Kier molecular flexibility index (Phi) is 6.28. The molecule has 6 nitrogen and oxygen atoms in total. The molecular weight excluding hydrogens is 352 g/mol. The maximum absolute atomic E-state index is 12.4. The number of hydrogen-bond donors (Lipinski definition) is 3. The predicted molar refractivity (Wildman–Crippen MR) is 111 cm³/mol. The number of hydrogen-bond acceptors (Lipinski definition) is 3. The van der Waals surface area contributed by atoms with Crippen LogP contribution < -0.4 is 11.1 Å². The molecule has 0 saturated heterocycles. The highest BCUT2D eigenvalue weighted by atomic mass is 16.5. The molecule has 4 N–H and O–H groups in total. The lowest BCUT2D eigenvalue weighted by Crippen LogP contribution is -2.49. The van der Waals surface area contributed by atoms with E-state index in [1.807, 2.05) is 19.2 Å². The smallest absolute Gasteiger partial charge is 0.251 e. The molecule has 1 amide bonds. The third-order valence-corrected chi connectivity index (χ3v) is 6.86. The maximum atomic E-state index is 12.4. The number of benzene rings is 1. The fourth-order valence-corrected chi connectivity index (χ4v) is 4.66. The topological polar surface area (TPSA) is 91.4 Å². The largest absolute Gasteiger partial charge is 0.378 e. The van der Waals surface area contributed by atoms with Gasteiger partial charge < -0.3 is 20.7 Å². The molecule has 0 aromatic heterocycles. The molecule has 1 aromatic carbocycles. The van der Waals surface area contributed by atoms with Crippen LogP contribution in [0.15, 0.2) is 24.3 Å². The van der Waals surface area contributed by atoms with E-state index in [-0.39, 0.29) is 22.9 Å². The number of nitrogens with one attached hydrogen (secondary N) is 2. The average molecular weight is 386 g/mol. The van der Waals surface area contributed by atoms with Gasteiger partial charge in [0.2, 0.25) is 0 Å². The van der Waals surface area contributed by atoms with Gasteiger partial charge in [-0.3, -0.25) is 10.2 Å². The summed E-state index contributed by atoms with van der Waals surface area (Å²) in [6.45, 7) is 2.48. The Bertz CT molecular complexity index is 676. The SMILES string of the molecule is COC12CCC(c3ccc(C(=O)N[CH]CCCN(C)C(=N)N)cc3)(CC1)CC2. The molecule has 0 atom stereocenters. The Labute approximate surface area is 168 Å². The minimum absolute atomic E-state index is 0.0624. The van der Waals surface area contributed by atoms with E-state index in [0.717, 1.165) is 32.1 Å². The Morgan fingerprint density at radius 2 is 1.82 bits per heavy atom. The summed E-state index contributed by atoms with van der Waals surface area (Å²) >= 11 is 0. The number of nitrogens with zero attached hydrogens (tertiary/aromatic N) is 1. The summed E-state index contributed by atoms with van der Waals surface area (Å²) in [5.41, 5.74) is 7.84. The summed E-state index contributed by atoms with van der Waals surface area (Å²) in [4.78, 5) is 14.0. The Hall–Kier alpha value is -2.08. The number of rotatable bonds is 8. The molecule has 4 rings (SSSR count). The first-order valence-electron chi connectivity index (χ1n) is 10.2. The van der Waals surface area contributed by atoms with Gasteiger partial charge in [-0.25, -0.2) is 0 Å². The fraction of sp³-hybridized carbons (Fsp3) is 0.591. The zero-order chi connectivity index (χ0) is 20.2. The number of ether oxygens (including phenoxy) is 1. The predicted octanol–water partition coefficient (Wildman–Crippen LogP) is 3.17. The molecule has 0 spiro atoms. The molecule has 28 heavy (non-hydrogen) atoms. The van der Waals surface area contributed by atoms with Crippen molar-refractivity contribution in [3.63, 3.8) is 0 Å². The third kappa shape index (κ3) is 4.32. The van der Waals surface area contributed by atoms with Crippen LogP contribution in [0.2, 0.25) is 0 Å². The first-order chi connectivity index (χ1) is 13.4. The van der Waals surface area contributed by atoms with E-state index < -0.39 is 0 Å². The lowest BCUT2D eigenvalue weighted by molar-refractivity contribution is -0.0955. The van der Waals surface area contributed by atoms with E-state index >= 15 is 0 Å². The molecule has 0 unspecified atom stereocenters. The maximum Gasteiger partial charge on any atom is 0.251 e. The van der Waals surface area contributed by atoms with Crippen LogP contribution in [-0.2, 0) is 10.2 Å². The van der Waals surface area contributed by atoms with Crippen LogP contribution in [0.25, 0.3) is 0 Å². The van der Waals surface area contributed by atoms with Crippen molar-refractivity contribution in [3.05, 3.63) is 41.9 Å². The Morgan fingerprint density at radius 3 is 2.36 bits per heavy atom. The number of carbonyl (C=O) groups excluding carboxylic acids is 1. The van der Waals surface area contributed by atoms with Gasteiger partial charge in [0, 0.05) is 32.8 Å². The summed E-state index contributed by atoms with van der Waals surface area (Å²) in [5.74, 6) is -0.0119. The second kappa shape index (κ2) is 8.52. The number of guanidine groups is 1. The van der Waals surface area contributed by atoms with Crippen molar-refractivity contribution >= 4 is 11.9 Å². The molecule has 3 aliphatic rings. The van der Waals surface area contributed by atoms with Gasteiger partial charge in [0.15, 0.2) is 5.96 Å². The number of amides is 1. The second-order valence-corrected chi connectivity index (χ2v) is 8.37. The molecule has 3 fully saturated rings. The summed E-state index contributed by atoms with van der Waals surface area (Å²) in [6.07, 6.45) is 8.52. The molecule has 0 aliphatic heterocycles. The highest BCUT2D eigenvalue weighted by molar-refractivity contribution is 5.94. The van der Waals surface area contributed by atoms with Crippen LogP contribution in [-0.4, -0.2) is 43.1 Å². The number of carbonyl (C=O) groups is 1. The minimum atomic E-state index is -0.0744. The van der Waals surface area contributed by atoms with E-state index in [9.17, 15) is 4.79 Å². The van der Waals surface area contributed by atoms with Crippen LogP contribution in [0.5, 0.6) is 0 Å². The van der Waals surface area contributed by atoms with Crippen LogP contribution in [0.3, 0.4) is 0 Å². The molecule has 1 aromatic rings. The lowest BCUT2D eigenvalue weighted by Gasteiger charge is -2.53. The van der Waals surface area contributed by atoms with Crippen molar-refractivity contribution in [3.8, 4) is 0 Å². The zero-order valence-corrected chi connectivity index (χ0v) is 17.1. The Morgan fingerprint density at radius 1 is 1.21 bits per heavy atom. The van der Waals surface area contributed by atoms with E-state index in [1.54, 1.807) is 18.5 Å². The monoisotopic (exact) mass is 385 g/mol. The van der Waals surface area contributed by atoms with E-state index in [0.29, 0.717) is 12.1 Å². The number of nitrogens with two attached hydrogens (primary N) is 1. The van der Waals surface area contributed by atoms with Crippen LogP contribution in [0.1, 0.15) is 67.3 Å². The van der Waals surface area contributed by atoms with Crippen molar-refractivity contribution in [1.29, 1.82) is 5.41 Å². The van der Waals surface area contributed by atoms with Gasteiger partial charge in [0.1, 0.15) is 0 Å². The first kappa shape index (κ1) is 20.6. The highest BCUT2D eigenvalue weighted by Gasteiger charge is 2.49. The molecular formula is C22H33N4O2. The summed E-state index contributed by atoms with van der Waals surface area (Å²) in [7, 11) is 3.64. The van der Waals surface area contributed by atoms with Crippen LogP contribution >= 0.6 is 0 Å². The van der Waals surface area contributed by atoms with Gasteiger partial charge in [0.25, 0.3) is 5.91 Å². The van der Waals surface area contributed by atoms with Gasteiger partial charge in [-0.15, -0.1) is 0 Å². The van der Waals surface area contributed by atoms with Gasteiger partial charge in [-0.05, 0) is 74.5 Å². The number of methoxy groups -OCH3 is 1. The molecule has 6 heteroatoms. The Balaban J connectivity index is 1.48. The summed E-state index contributed by atoms with van der Waals surface area (Å²) < 4.78 is 5.80. The van der Waals surface area contributed by atoms with Gasteiger partial charge >= 0.3 is 0 Å². The van der Waals surface area contributed by atoms with E-state index in [4.69, 9.17) is 15.9 Å². The van der Waals surface area contributed by atoms with E-state index in [1.165, 1.54) is 24.8 Å². The second-order valence-electron chi connectivity index (χ2n) is 8.37. The van der Waals surface area contributed by atoms with Crippen molar-refractivity contribution in [2.45, 2.75) is 62.4 Å². The zero-order valence-electron chi connectivity index (χ0n) is 17.1. The molecule has 153 valence electrons. The van der Waals surface area contributed by atoms with E-state index in [2.05, 4.69) is 17.4 Å². The quantitative estimate of drug-likeness (QED) is 0.364. The minimum Gasteiger partial charge on any atom is -0.378 e. The molecule has 3 aliphatic carbocycles. The van der Waals surface area contributed by atoms with Crippen molar-refractivity contribution in [2.75, 3.05) is 20.7 Å². The molecule has 1 radical (unpaired) electrons. The average Bonchev–Trinajstić information content (AvgIpc) is 2.74. The van der Waals surface area contributed by atoms with Gasteiger partial charge in [-0.2, -0.15) is 0 Å². The first-order valence-corrected chi connectivity index (χ1v) is 10.2. The standard InChI is InChI=1S/C22H33N4O2/c1-26(20(23)24)16-4-3-15-25-19(27)17-5-7-18(8-6-17)21-9-12-22(28-2,13-10-21)14-11-21/h5-8,15H,3-4,9-14,16H2,1-2H3,(H3,23,24)(H,25,27). The normalized spacial score (nSPS) is 26.1. The number of unbranched alkanes of at least 4 members (excludes halogenated alkanes) is 1. The van der Waals surface area contributed by atoms with Gasteiger partial charge in [0.05, 0.1) is 5.60 Å². The third-order valence-electron chi connectivity index (χ3n) is 6.86. The number of fused-ring (bicyclic) bond motifs is 3. The van der Waals surface area contributed by atoms with Crippen LogP contribution in [0, 0.1) is 12.0 Å². The molecule has 0 heterocycles.